The molecule has 0 aliphatic heterocycles. The molecule has 0 amide bonds. The first-order chi connectivity index (χ1) is 5.69. The van der Waals surface area contributed by atoms with E-state index in [0.29, 0.717) is 10.8 Å². The molecule has 1 nitrogen and oxygen atoms in total. The highest BCUT2D eigenvalue weighted by Crippen LogP contribution is 2.31. The Labute approximate surface area is 93.3 Å². The van der Waals surface area contributed by atoms with Gasteiger partial charge < -0.3 is 4.74 Å². The Hall–Kier alpha value is 0.270. The molecule has 12 heavy (non-hydrogen) atoms. The molecule has 1 aromatic rings. The summed E-state index contributed by atoms with van der Waals surface area (Å²) in [5.41, 5.74) is 1.12. The summed E-state index contributed by atoms with van der Waals surface area (Å²) in [5, 5.41) is 1.40. The highest BCUT2D eigenvalue weighted by Gasteiger charge is 2.05. The lowest BCUT2D eigenvalue weighted by Gasteiger charge is -2.06. The van der Waals surface area contributed by atoms with Gasteiger partial charge in [-0.2, -0.15) is 0 Å². The third kappa shape index (κ3) is 2.15. The molecule has 66 valence electrons. The van der Waals surface area contributed by atoms with Crippen LogP contribution in [-0.2, 0) is 5.33 Å². The molecule has 0 aliphatic rings. The van der Waals surface area contributed by atoms with E-state index >= 15 is 0 Å². The van der Waals surface area contributed by atoms with Gasteiger partial charge >= 0.3 is 0 Å². The van der Waals surface area contributed by atoms with Crippen molar-refractivity contribution in [1.82, 2.24) is 0 Å². The van der Waals surface area contributed by atoms with Gasteiger partial charge in [0, 0.05) is 9.80 Å². The number of hydrogen-bond acceptors (Lipinski definition) is 1. The molecule has 0 spiro atoms. The Morgan fingerprint density at radius 1 is 1.50 bits per heavy atom. The molecule has 0 aromatic heterocycles. The molecule has 0 aliphatic carbocycles. The number of methoxy groups -OCH3 is 1. The minimum Gasteiger partial charge on any atom is -0.495 e. The summed E-state index contributed by atoms with van der Waals surface area (Å²) < 4.78 is 6.06. The zero-order chi connectivity index (χ0) is 9.14. The summed E-state index contributed by atoms with van der Waals surface area (Å²) in [6, 6.07) is 3.73. The van der Waals surface area contributed by atoms with Crippen LogP contribution in [0.2, 0.25) is 5.02 Å². The molecule has 0 bridgehead atoms. The van der Waals surface area contributed by atoms with E-state index in [0.717, 1.165) is 15.4 Å². The monoisotopic (exact) mass is 312 g/mol. The molecule has 0 saturated heterocycles. The fourth-order valence-corrected chi connectivity index (χ4v) is 2.53. The van der Waals surface area contributed by atoms with Gasteiger partial charge in [0.1, 0.15) is 5.75 Å². The van der Waals surface area contributed by atoms with Crippen LogP contribution >= 0.6 is 43.5 Å². The number of ether oxygens (including phenoxy) is 1. The first-order valence-electron chi connectivity index (χ1n) is 3.27. The second kappa shape index (κ2) is 4.49. The van der Waals surface area contributed by atoms with Crippen molar-refractivity contribution >= 4 is 43.5 Å². The summed E-state index contributed by atoms with van der Waals surface area (Å²) in [6.45, 7) is 0. The van der Waals surface area contributed by atoms with Crippen molar-refractivity contribution in [3.8, 4) is 5.75 Å². The maximum atomic E-state index is 5.89. The number of halogens is 3. The zero-order valence-electron chi connectivity index (χ0n) is 6.40. The Balaban J connectivity index is 3.18. The third-order valence-electron chi connectivity index (χ3n) is 1.46. The molecule has 4 heteroatoms. The van der Waals surface area contributed by atoms with E-state index in [-0.39, 0.29) is 0 Å². The average Bonchev–Trinajstić information content (AvgIpc) is 2.05. The lowest BCUT2D eigenvalue weighted by molar-refractivity contribution is 0.414. The molecule has 0 fully saturated rings. The smallest absolute Gasteiger partial charge is 0.137 e. The standard InChI is InChI=1S/C8H7Br2ClO/c1-12-8-2-5(4-9)6(10)3-7(8)11/h2-3H,4H2,1H3. The quantitative estimate of drug-likeness (QED) is 0.750. The van der Waals surface area contributed by atoms with Crippen LogP contribution in [0, 0.1) is 0 Å². The minimum atomic E-state index is 0.620. The second-order valence-electron chi connectivity index (χ2n) is 2.21. The third-order valence-corrected chi connectivity index (χ3v) is 3.10. The van der Waals surface area contributed by atoms with Gasteiger partial charge in [-0.3, -0.25) is 0 Å². The van der Waals surface area contributed by atoms with Gasteiger partial charge in [-0.05, 0) is 17.7 Å². The highest BCUT2D eigenvalue weighted by molar-refractivity contribution is 9.10. The summed E-state index contributed by atoms with van der Waals surface area (Å²) in [5.74, 6) is 0.703. The van der Waals surface area contributed by atoms with Crippen LogP contribution in [0.25, 0.3) is 0 Å². The molecule has 0 unspecified atom stereocenters. The number of hydrogen-bond donors (Lipinski definition) is 0. The zero-order valence-corrected chi connectivity index (χ0v) is 10.3. The van der Waals surface area contributed by atoms with Crippen molar-refractivity contribution < 1.29 is 4.74 Å². The van der Waals surface area contributed by atoms with Gasteiger partial charge in [-0.15, -0.1) is 0 Å². The van der Waals surface area contributed by atoms with E-state index in [9.17, 15) is 0 Å². The van der Waals surface area contributed by atoms with Crippen molar-refractivity contribution in [3.63, 3.8) is 0 Å². The highest BCUT2D eigenvalue weighted by atomic mass is 79.9. The van der Waals surface area contributed by atoms with E-state index in [1.807, 2.05) is 12.1 Å². The van der Waals surface area contributed by atoms with E-state index in [4.69, 9.17) is 16.3 Å². The summed E-state index contributed by atoms with van der Waals surface area (Å²) in [7, 11) is 1.60. The maximum absolute atomic E-state index is 5.89. The summed E-state index contributed by atoms with van der Waals surface area (Å²) in [6.07, 6.45) is 0. The SMILES string of the molecule is COc1cc(CBr)c(Br)cc1Cl. The van der Waals surface area contributed by atoms with E-state index in [1.54, 1.807) is 7.11 Å². The molecule has 0 saturated carbocycles. The van der Waals surface area contributed by atoms with Crippen LogP contribution in [0.15, 0.2) is 16.6 Å². The van der Waals surface area contributed by atoms with Crippen LogP contribution < -0.4 is 4.74 Å². The second-order valence-corrected chi connectivity index (χ2v) is 4.03. The van der Waals surface area contributed by atoms with Crippen molar-refractivity contribution in [2.45, 2.75) is 5.33 Å². The molecule has 0 radical (unpaired) electrons. The van der Waals surface area contributed by atoms with Crippen LogP contribution in [0.5, 0.6) is 5.75 Å². The summed E-state index contributed by atoms with van der Waals surface area (Å²) in [4.78, 5) is 0. The molecular formula is C8H7Br2ClO. The Morgan fingerprint density at radius 3 is 2.67 bits per heavy atom. The number of rotatable bonds is 2. The van der Waals surface area contributed by atoms with Crippen LogP contribution in [0.3, 0.4) is 0 Å². The average molecular weight is 314 g/mol. The lowest BCUT2D eigenvalue weighted by atomic mass is 10.2. The van der Waals surface area contributed by atoms with Gasteiger partial charge in [0.15, 0.2) is 0 Å². The maximum Gasteiger partial charge on any atom is 0.137 e. The fourth-order valence-electron chi connectivity index (χ4n) is 0.830. The normalized spacial score (nSPS) is 10.0. The first-order valence-corrected chi connectivity index (χ1v) is 5.56. The van der Waals surface area contributed by atoms with Gasteiger partial charge in [-0.1, -0.05) is 43.5 Å². The Kier molecular flexibility index (Phi) is 3.87. The fraction of sp³-hybridized carbons (Fsp3) is 0.250. The molecule has 1 rings (SSSR count). The molecule has 1 aromatic carbocycles. The van der Waals surface area contributed by atoms with Crippen molar-refractivity contribution in [2.75, 3.05) is 7.11 Å². The first kappa shape index (κ1) is 10.4. The van der Waals surface area contributed by atoms with Gasteiger partial charge in [0.25, 0.3) is 0 Å². The van der Waals surface area contributed by atoms with Crippen LogP contribution in [-0.4, -0.2) is 7.11 Å². The lowest BCUT2D eigenvalue weighted by Crippen LogP contribution is -1.87. The summed E-state index contributed by atoms with van der Waals surface area (Å²) >= 11 is 12.7. The van der Waals surface area contributed by atoms with Crippen molar-refractivity contribution in [1.29, 1.82) is 0 Å². The van der Waals surface area contributed by atoms with E-state index < -0.39 is 0 Å². The Bertz CT molecular complexity index is 263. The van der Waals surface area contributed by atoms with Crippen molar-refractivity contribution in [2.24, 2.45) is 0 Å². The molecular weight excluding hydrogens is 307 g/mol. The molecule has 0 atom stereocenters. The largest absolute Gasteiger partial charge is 0.495 e. The van der Waals surface area contributed by atoms with E-state index in [2.05, 4.69) is 31.9 Å². The predicted octanol–water partition coefficient (Wildman–Crippen LogP) is 4.01. The molecule has 0 heterocycles. The topological polar surface area (TPSA) is 9.23 Å². The van der Waals surface area contributed by atoms with Crippen molar-refractivity contribution in [3.05, 3.63) is 27.2 Å². The van der Waals surface area contributed by atoms with Crippen LogP contribution in [0.1, 0.15) is 5.56 Å². The van der Waals surface area contributed by atoms with Gasteiger partial charge in [-0.25, -0.2) is 0 Å². The number of benzene rings is 1. The van der Waals surface area contributed by atoms with Gasteiger partial charge in [0.05, 0.1) is 12.1 Å². The number of alkyl halides is 1. The van der Waals surface area contributed by atoms with E-state index in [1.165, 1.54) is 0 Å². The molecule has 0 N–H and O–H groups in total. The van der Waals surface area contributed by atoms with Crippen LogP contribution in [0.4, 0.5) is 0 Å². The minimum absolute atomic E-state index is 0.620. The Morgan fingerprint density at radius 2 is 2.17 bits per heavy atom. The van der Waals surface area contributed by atoms with Gasteiger partial charge in [0.2, 0.25) is 0 Å². The predicted molar refractivity (Wildman–Crippen MR) is 58.3 cm³/mol.